The van der Waals surface area contributed by atoms with Crippen LogP contribution in [0.4, 0.5) is 0 Å². The monoisotopic (exact) mass is 427 g/mol. The van der Waals surface area contributed by atoms with Gasteiger partial charge >= 0.3 is 7.48 Å². The van der Waals surface area contributed by atoms with Gasteiger partial charge in [-0.05, 0) is 49.4 Å². The van der Waals surface area contributed by atoms with Crippen LogP contribution in [0.3, 0.4) is 0 Å². The summed E-state index contributed by atoms with van der Waals surface area (Å²) >= 11 is 0. The van der Waals surface area contributed by atoms with Crippen LogP contribution in [0.2, 0.25) is 23.9 Å². The van der Waals surface area contributed by atoms with Gasteiger partial charge in [0.05, 0.1) is 5.69 Å². The highest BCUT2D eigenvalue weighted by molar-refractivity contribution is 6.74. The van der Waals surface area contributed by atoms with Gasteiger partial charge in [-0.2, -0.15) is 0 Å². The second-order valence-electron chi connectivity index (χ2n) is 9.40. The Labute approximate surface area is 183 Å². The maximum Gasteiger partial charge on any atom is 0.376 e. The minimum absolute atomic E-state index is 0.0568. The molecular weight excluding hydrogens is 391 g/mol. The molecule has 1 radical (unpaired) electrons. The molecule has 0 fully saturated rings. The van der Waals surface area contributed by atoms with Crippen molar-refractivity contribution in [3.63, 3.8) is 0 Å². The summed E-state index contributed by atoms with van der Waals surface area (Å²) in [5, 5.41) is 7.13. The van der Waals surface area contributed by atoms with Crippen LogP contribution in [0.15, 0.2) is 30.5 Å². The molecule has 2 unspecified atom stereocenters. The van der Waals surface area contributed by atoms with E-state index in [4.69, 9.17) is 25.2 Å². The number of imidazole rings is 1. The van der Waals surface area contributed by atoms with E-state index in [0.29, 0.717) is 6.54 Å². The highest BCUT2D eigenvalue weighted by Gasteiger charge is 2.39. The molecule has 0 aliphatic heterocycles. The molecule has 2 atom stereocenters. The van der Waals surface area contributed by atoms with Gasteiger partial charge in [-0.15, -0.1) is 0 Å². The first-order chi connectivity index (χ1) is 14.0. The minimum Gasteiger partial charge on any atom is -0.555 e. The summed E-state index contributed by atoms with van der Waals surface area (Å²) in [5.41, 5.74) is 8.98. The second kappa shape index (κ2) is 9.94. The quantitative estimate of drug-likeness (QED) is 0.327. The van der Waals surface area contributed by atoms with Crippen molar-refractivity contribution in [1.82, 2.24) is 9.55 Å². The van der Waals surface area contributed by atoms with Crippen LogP contribution < -0.4 is 5.73 Å². The molecular formula is C22H36BN4O2Si. The van der Waals surface area contributed by atoms with Crippen LogP contribution in [0, 0.1) is 5.41 Å². The van der Waals surface area contributed by atoms with Crippen molar-refractivity contribution < 1.29 is 9.08 Å². The van der Waals surface area contributed by atoms with E-state index < -0.39 is 8.32 Å². The van der Waals surface area contributed by atoms with Crippen molar-refractivity contribution in [3.05, 3.63) is 41.9 Å². The van der Waals surface area contributed by atoms with E-state index >= 15 is 0 Å². The lowest BCUT2D eigenvalue weighted by Crippen LogP contribution is -2.41. The van der Waals surface area contributed by atoms with Crippen LogP contribution in [0.25, 0.3) is 11.3 Å². The van der Waals surface area contributed by atoms with E-state index in [1.165, 1.54) is 5.56 Å². The average Bonchev–Trinajstić information content (AvgIpc) is 3.06. The Kier molecular flexibility index (Phi) is 8.07. The van der Waals surface area contributed by atoms with E-state index in [9.17, 15) is 0 Å². The van der Waals surface area contributed by atoms with Gasteiger partial charge in [0.2, 0.25) is 0 Å². The predicted octanol–water partition coefficient (Wildman–Crippen LogP) is 4.70. The molecule has 2 rings (SSSR count). The van der Waals surface area contributed by atoms with Gasteiger partial charge in [0.25, 0.3) is 0 Å². The van der Waals surface area contributed by atoms with Crippen LogP contribution in [-0.2, 0) is 22.5 Å². The fourth-order valence-electron chi connectivity index (χ4n) is 3.12. The molecule has 3 N–H and O–H groups in total. The summed E-state index contributed by atoms with van der Waals surface area (Å²) < 4.78 is 13.6. The van der Waals surface area contributed by atoms with E-state index in [1.54, 1.807) is 7.48 Å². The van der Waals surface area contributed by atoms with Gasteiger partial charge in [-0.1, -0.05) is 45.0 Å². The summed E-state index contributed by atoms with van der Waals surface area (Å²) in [5.74, 6) is 1.02. The van der Waals surface area contributed by atoms with Crippen LogP contribution >= 0.6 is 0 Å². The van der Waals surface area contributed by atoms with Crippen LogP contribution in [0.5, 0.6) is 0 Å². The van der Waals surface area contributed by atoms with E-state index in [0.717, 1.165) is 29.9 Å². The number of aryl methyl sites for hydroxylation is 1. The van der Waals surface area contributed by atoms with E-state index in [1.807, 2.05) is 7.05 Å². The van der Waals surface area contributed by atoms with Crippen molar-refractivity contribution in [2.24, 2.45) is 12.8 Å². The molecule has 0 amide bonds. The number of nitrogens with zero attached hydrogens (tertiary/aromatic N) is 2. The number of aromatic nitrogens is 2. The molecule has 30 heavy (non-hydrogen) atoms. The molecule has 0 saturated carbocycles. The number of nitrogens with one attached hydrogen (secondary N) is 1. The smallest absolute Gasteiger partial charge is 0.376 e. The molecule has 163 valence electrons. The summed E-state index contributed by atoms with van der Waals surface area (Å²) in [6.07, 6.45) is 3.69. The molecule has 8 heteroatoms. The maximum atomic E-state index is 6.97. The molecule has 0 saturated heterocycles. The van der Waals surface area contributed by atoms with Gasteiger partial charge in [-0.3, -0.25) is 5.41 Å². The Morgan fingerprint density at radius 2 is 1.90 bits per heavy atom. The molecule has 0 aliphatic rings. The summed E-state index contributed by atoms with van der Waals surface area (Å²) in [4.78, 5) is 4.88. The Balaban J connectivity index is 2.13. The van der Waals surface area contributed by atoms with Crippen molar-refractivity contribution in [3.8, 4) is 11.3 Å². The Hall–Kier alpha value is -1.90. The predicted molar refractivity (Wildman–Crippen MR) is 127 cm³/mol. The third-order valence-electron chi connectivity index (χ3n) is 5.94. The Morgan fingerprint density at radius 3 is 2.43 bits per heavy atom. The lowest BCUT2D eigenvalue weighted by atomic mass is 9.76. The third kappa shape index (κ3) is 6.06. The molecule has 0 aliphatic carbocycles. The minimum atomic E-state index is -1.87. The van der Waals surface area contributed by atoms with Gasteiger partial charge < -0.3 is 19.4 Å². The molecule has 1 aromatic carbocycles. The Bertz CT molecular complexity index is 831. The van der Waals surface area contributed by atoms with Crippen molar-refractivity contribution in [2.75, 3.05) is 6.54 Å². The van der Waals surface area contributed by atoms with Crippen molar-refractivity contribution >= 4 is 22.2 Å². The van der Waals surface area contributed by atoms with Crippen molar-refractivity contribution in [2.45, 2.75) is 64.2 Å². The zero-order chi connectivity index (χ0) is 22.5. The zero-order valence-electron chi connectivity index (χ0n) is 19.4. The first-order valence-corrected chi connectivity index (χ1v) is 13.4. The van der Waals surface area contributed by atoms with E-state index in [2.05, 4.69) is 75.8 Å². The topological polar surface area (TPSA) is 86.2 Å². The molecule has 1 heterocycles. The highest BCUT2D eigenvalue weighted by Crippen LogP contribution is 2.39. The number of hydrogen-bond donors (Lipinski definition) is 2. The summed E-state index contributed by atoms with van der Waals surface area (Å²) in [7, 11) is 1.77. The first-order valence-electron chi connectivity index (χ1n) is 10.5. The standard InChI is InChI=1S/C22H36BN4O2Si/c1-16(29-30(6,7)22(2,3)4)21-26-20(14-27(21)5)18-10-8-17(9-11-18)12-19(13-24)23-28-15-25/h8-11,14-16,19,25H,12-13,24H2,1-7H3. The third-order valence-corrected chi connectivity index (χ3v) is 10.5. The summed E-state index contributed by atoms with van der Waals surface area (Å²) in [6, 6.07) is 8.37. The first kappa shape index (κ1) is 24.4. The van der Waals surface area contributed by atoms with Gasteiger partial charge in [-0.25, -0.2) is 4.98 Å². The molecule has 0 bridgehead atoms. The lowest BCUT2D eigenvalue weighted by molar-refractivity contribution is 0.190. The second-order valence-corrected chi connectivity index (χ2v) is 14.2. The zero-order valence-corrected chi connectivity index (χ0v) is 20.4. The lowest BCUT2D eigenvalue weighted by Gasteiger charge is -2.38. The average molecular weight is 427 g/mol. The number of hydrogen-bond acceptors (Lipinski definition) is 5. The van der Waals surface area contributed by atoms with Crippen LogP contribution in [0.1, 0.15) is 45.2 Å². The largest absolute Gasteiger partial charge is 0.555 e. The highest BCUT2D eigenvalue weighted by atomic mass is 28.4. The van der Waals surface area contributed by atoms with Gasteiger partial charge in [0.15, 0.2) is 8.32 Å². The van der Waals surface area contributed by atoms with E-state index in [-0.39, 0.29) is 17.0 Å². The van der Waals surface area contributed by atoms with Crippen molar-refractivity contribution in [1.29, 1.82) is 5.41 Å². The molecule has 0 spiro atoms. The number of nitrogens with two attached hydrogens (primary N) is 1. The number of rotatable bonds is 10. The van der Waals surface area contributed by atoms with Gasteiger partial charge in [0, 0.05) is 18.8 Å². The van der Waals surface area contributed by atoms with Gasteiger partial charge in [0.1, 0.15) is 18.3 Å². The summed E-state index contributed by atoms with van der Waals surface area (Å²) in [6.45, 7) is 13.9. The van der Waals surface area contributed by atoms with Crippen LogP contribution in [-0.4, -0.2) is 38.3 Å². The SMILES string of the molecule is CC(O[Si](C)(C)C(C)(C)C)c1nc(-c2ccc(CC([B]OC=N)CN)cc2)cn1C. The maximum absolute atomic E-state index is 6.97. The Morgan fingerprint density at radius 1 is 1.27 bits per heavy atom. The number of benzene rings is 1. The normalized spacial score (nSPS) is 14.3. The fraction of sp³-hybridized carbons (Fsp3) is 0.545. The molecule has 6 nitrogen and oxygen atoms in total. The molecule has 2 aromatic rings. The fourth-order valence-corrected chi connectivity index (χ4v) is 4.46. The molecule has 1 aromatic heterocycles.